The molecular weight excluding hydrogens is 368 g/mol. The second kappa shape index (κ2) is 8.06. The lowest BCUT2D eigenvalue weighted by Crippen LogP contribution is -2.47. The fourth-order valence-electron chi connectivity index (χ4n) is 3.10. The van der Waals surface area contributed by atoms with Crippen LogP contribution >= 0.6 is 0 Å². The van der Waals surface area contributed by atoms with Crippen molar-refractivity contribution >= 4 is 23.2 Å². The van der Waals surface area contributed by atoms with Gasteiger partial charge in [0.15, 0.2) is 6.10 Å². The highest BCUT2D eigenvalue weighted by atomic mass is 16.5. The number of carbonyl (C=O) groups excluding carboxylic acids is 2. The van der Waals surface area contributed by atoms with Crippen LogP contribution in [0.3, 0.4) is 0 Å². The number of hydrogen-bond donors (Lipinski definition) is 1. The number of amides is 2. The zero-order chi connectivity index (χ0) is 20.2. The third-order valence-corrected chi connectivity index (χ3v) is 4.49. The molecule has 0 bridgehead atoms. The van der Waals surface area contributed by atoms with E-state index < -0.39 is 6.10 Å². The number of rotatable bonds is 5. The van der Waals surface area contributed by atoms with Crippen molar-refractivity contribution in [1.29, 1.82) is 0 Å². The minimum Gasteiger partial charge on any atom is -0.479 e. The molecule has 0 aromatic heterocycles. The van der Waals surface area contributed by atoms with Gasteiger partial charge in [0.2, 0.25) is 5.91 Å². The molecule has 29 heavy (non-hydrogen) atoms. The first-order chi connectivity index (χ1) is 14.1. The molecule has 146 valence electrons. The lowest BCUT2D eigenvalue weighted by atomic mass is 10.2. The van der Waals surface area contributed by atoms with E-state index in [2.05, 4.69) is 5.32 Å². The molecule has 2 amide bonds. The van der Waals surface area contributed by atoms with Crippen LogP contribution in [0.15, 0.2) is 78.9 Å². The van der Waals surface area contributed by atoms with Crippen LogP contribution in [0.25, 0.3) is 0 Å². The van der Waals surface area contributed by atoms with E-state index in [9.17, 15) is 9.59 Å². The van der Waals surface area contributed by atoms with Gasteiger partial charge in [0.05, 0.1) is 5.69 Å². The maximum Gasteiger partial charge on any atom is 0.268 e. The number of anilines is 2. The summed E-state index contributed by atoms with van der Waals surface area (Å²) in [6.45, 7) is 1.58. The molecule has 6 heteroatoms. The molecule has 1 unspecified atom stereocenters. The van der Waals surface area contributed by atoms with Crippen LogP contribution in [-0.2, 0) is 9.59 Å². The molecular formula is C23H20N2O4. The Bertz CT molecular complexity index is 1020. The van der Waals surface area contributed by atoms with E-state index >= 15 is 0 Å². The fourth-order valence-corrected chi connectivity index (χ4v) is 3.10. The van der Waals surface area contributed by atoms with Gasteiger partial charge in [-0.25, -0.2) is 0 Å². The predicted octanol–water partition coefficient (Wildman–Crippen LogP) is 4.23. The van der Waals surface area contributed by atoms with Crippen LogP contribution in [0.1, 0.15) is 6.92 Å². The lowest BCUT2D eigenvalue weighted by Gasteiger charge is -2.32. The molecule has 0 fully saturated rings. The smallest absolute Gasteiger partial charge is 0.268 e. The largest absolute Gasteiger partial charge is 0.479 e. The monoisotopic (exact) mass is 388 g/mol. The zero-order valence-electron chi connectivity index (χ0n) is 15.9. The highest BCUT2D eigenvalue weighted by Gasteiger charge is 2.32. The van der Waals surface area contributed by atoms with Gasteiger partial charge in [-0.3, -0.25) is 14.5 Å². The average molecular weight is 388 g/mol. The maximum absolute atomic E-state index is 12.5. The van der Waals surface area contributed by atoms with Gasteiger partial charge < -0.3 is 14.8 Å². The Morgan fingerprint density at radius 1 is 0.966 bits per heavy atom. The number of fused-ring (bicyclic) bond motifs is 1. The minimum atomic E-state index is -0.632. The summed E-state index contributed by atoms with van der Waals surface area (Å²) in [6, 6.07) is 23.7. The van der Waals surface area contributed by atoms with E-state index in [1.807, 2.05) is 42.5 Å². The summed E-state index contributed by atoms with van der Waals surface area (Å²) in [4.78, 5) is 26.5. The van der Waals surface area contributed by atoms with E-state index in [4.69, 9.17) is 9.47 Å². The molecule has 0 aliphatic carbocycles. The number of nitrogens with one attached hydrogen (secondary N) is 1. The van der Waals surface area contributed by atoms with Gasteiger partial charge in [-0.2, -0.15) is 0 Å². The first kappa shape index (κ1) is 18.6. The van der Waals surface area contributed by atoms with Crippen LogP contribution in [0.2, 0.25) is 0 Å². The SMILES string of the molecule is CC1Oc2ccccc2N(CC(=O)Nc2ccc(Oc3ccccc3)cc2)C1=O. The van der Waals surface area contributed by atoms with Gasteiger partial charge in [-0.05, 0) is 55.5 Å². The molecule has 4 rings (SSSR count). The summed E-state index contributed by atoms with van der Waals surface area (Å²) < 4.78 is 11.3. The van der Waals surface area contributed by atoms with E-state index in [1.165, 1.54) is 4.90 Å². The van der Waals surface area contributed by atoms with Crippen LogP contribution in [-0.4, -0.2) is 24.5 Å². The number of para-hydroxylation sites is 3. The van der Waals surface area contributed by atoms with Gasteiger partial charge in [-0.1, -0.05) is 30.3 Å². The summed E-state index contributed by atoms with van der Waals surface area (Å²) in [5.41, 5.74) is 1.22. The predicted molar refractivity (Wildman–Crippen MR) is 110 cm³/mol. The number of hydrogen-bond acceptors (Lipinski definition) is 4. The Morgan fingerprint density at radius 3 is 2.38 bits per heavy atom. The van der Waals surface area contributed by atoms with Gasteiger partial charge in [0.1, 0.15) is 23.8 Å². The highest BCUT2D eigenvalue weighted by Crippen LogP contribution is 2.33. The van der Waals surface area contributed by atoms with Crippen molar-refractivity contribution in [1.82, 2.24) is 0 Å². The Balaban J connectivity index is 1.41. The molecule has 1 heterocycles. The average Bonchev–Trinajstić information content (AvgIpc) is 2.73. The topological polar surface area (TPSA) is 67.9 Å². The Hall–Kier alpha value is -3.80. The van der Waals surface area contributed by atoms with Crippen LogP contribution in [0, 0.1) is 0 Å². The maximum atomic E-state index is 12.5. The van der Waals surface area contributed by atoms with Crippen molar-refractivity contribution in [3.8, 4) is 17.2 Å². The van der Waals surface area contributed by atoms with Crippen LogP contribution < -0.4 is 19.7 Å². The summed E-state index contributed by atoms with van der Waals surface area (Å²) in [5, 5.41) is 2.82. The lowest BCUT2D eigenvalue weighted by molar-refractivity contribution is -0.127. The van der Waals surface area contributed by atoms with Crippen molar-refractivity contribution in [3.05, 3.63) is 78.9 Å². The normalized spacial score (nSPS) is 15.3. The van der Waals surface area contributed by atoms with Gasteiger partial charge in [-0.15, -0.1) is 0 Å². The van der Waals surface area contributed by atoms with Crippen molar-refractivity contribution < 1.29 is 19.1 Å². The molecule has 3 aromatic rings. The number of carbonyl (C=O) groups is 2. The molecule has 0 radical (unpaired) electrons. The van der Waals surface area contributed by atoms with Crippen molar-refractivity contribution in [3.63, 3.8) is 0 Å². The summed E-state index contributed by atoms with van der Waals surface area (Å²) in [5.74, 6) is 1.46. The molecule has 0 spiro atoms. The zero-order valence-corrected chi connectivity index (χ0v) is 15.9. The molecule has 1 aliphatic heterocycles. The summed E-state index contributed by atoms with van der Waals surface area (Å²) in [7, 11) is 0. The minimum absolute atomic E-state index is 0.0915. The molecule has 3 aromatic carbocycles. The van der Waals surface area contributed by atoms with E-state index in [0.29, 0.717) is 22.9 Å². The fraction of sp³-hybridized carbons (Fsp3) is 0.130. The highest BCUT2D eigenvalue weighted by molar-refractivity contribution is 6.06. The second-order valence-electron chi connectivity index (χ2n) is 6.64. The van der Waals surface area contributed by atoms with Gasteiger partial charge in [0, 0.05) is 5.69 Å². The van der Waals surface area contributed by atoms with E-state index in [0.717, 1.165) is 5.75 Å². The summed E-state index contributed by atoms with van der Waals surface area (Å²) >= 11 is 0. The molecule has 0 saturated heterocycles. The van der Waals surface area contributed by atoms with Crippen molar-refractivity contribution in [2.75, 3.05) is 16.8 Å². The van der Waals surface area contributed by atoms with Crippen LogP contribution in [0.4, 0.5) is 11.4 Å². The molecule has 1 atom stereocenters. The quantitative estimate of drug-likeness (QED) is 0.710. The summed E-state index contributed by atoms with van der Waals surface area (Å²) in [6.07, 6.45) is -0.632. The third-order valence-electron chi connectivity index (χ3n) is 4.49. The molecule has 6 nitrogen and oxygen atoms in total. The molecule has 1 aliphatic rings. The van der Waals surface area contributed by atoms with Crippen LogP contribution in [0.5, 0.6) is 17.2 Å². The Morgan fingerprint density at radius 2 is 1.62 bits per heavy atom. The Kier molecular flexibility index (Phi) is 5.16. The number of nitrogens with zero attached hydrogens (tertiary/aromatic N) is 1. The first-order valence-electron chi connectivity index (χ1n) is 9.30. The van der Waals surface area contributed by atoms with E-state index in [-0.39, 0.29) is 18.4 Å². The standard InChI is InChI=1S/C23H20N2O4/c1-16-23(27)25(20-9-5-6-10-21(20)28-16)15-22(26)24-17-11-13-19(14-12-17)29-18-7-3-2-4-8-18/h2-14,16H,15H2,1H3,(H,24,26). The molecule has 0 saturated carbocycles. The van der Waals surface area contributed by atoms with E-state index in [1.54, 1.807) is 43.3 Å². The van der Waals surface area contributed by atoms with Crippen molar-refractivity contribution in [2.24, 2.45) is 0 Å². The molecule has 1 N–H and O–H groups in total. The number of ether oxygens (including phenoxy) is 2. The van der Waals surface area contributed by atoms with Gasteiger partial charge >= 0.3 is 0 Å². The third kappa shape index (κ3) is 4.21. The van der Waals surface area contributed by atoms with Gasteiger partial charge in [0.25, 0.3) is 5.91 Å². The first-order valence-corrected chi connectivity index (χ1v) is 9.30. The number of benzene rings is 3. The van der Waals surface area contributed by atoms with Crippen molar-refractivity contribution in [2.45, 2.75) is 13.0 Å². The Labute approximate surface area is 168 Å². The second-order valence-corrected chi connectivity index (χ2v) is 6.64.